The van der Waals surface area contributed by atoms with Crippen LogP contribution in [0.1, 0.15) is 24.2 Å². The Labute approximate surface area is 93.5 Å². The Kier molecular flexibility index (Phi) is 5.18. The zero-order chi connectivity index (χ0) is 12.8. The maximum Gasteiger partial charge on any atom is 0.335 e. The molecule has 0 unspecified atom stereocenters. The van der Waals surface area contributed by atoms with E-state index in [-0.39, 0.29) is 0 Å². The Hall–Kier alpha value is -1.88. The molecule has 0 aliphatic carbocycles. The van der Waals surface area contributed by atoms with E-state index in [1.165, 1.54) is 13.8 Å². The van der Waals surface area contributed by atoms with Crippen molar-refractivity contribution in [1.82, 2.24) is 0 Å². The average Bonchev–Trinajstić information content (AvgIpc) is 2.18. The molecule has 1 aromatic carbocycles. The van der Waals surface area contributed by atoms with Crippen LogP contribution in [0.15, 0.2) is 30.3 Å². The molecule has 16 heavy (non-hydrogen) atoms. The van der Waals surface area contributed by atoms with Crippen molar-refractivity contribution in [2.45, 2.75) is 19.4 Å². The number of hydrogen-bond acceptors (Lipinski definition) is 3. The number of nitrogens with two attached hydrogens (primary N) is 1. The fraction of sp³-hybridized carbons (Fsp3) is 0.273. The van der Waals surface area contributed by atoms with Gasteiger partial charge >= 0.3 is 11.9 Å². The van der Waals surface area contributed by atoms with E-state index in [0.29, 0.717) is 5.56 Å². The molecule has 0 aliphatic rings. The fourth-order valence-corrected chi connectivity index (χ4v) is 0.581. The first-order chi connectivity index (χ1) is 7.25. The van der Waals surface area contributed by atoms with E-state index in [1.807, 2.05) is 0 Å². The smallest absolute Gasteiger partial charge is 0.335 e. The lowest BCUT2D eigenvalue weighted by Crippen LogP contribution is -2.41. The van der Waals surface area contributed by atoms with Crippen LogP contribution in [0.25, 0.3) is 0 Å². The van der Waals surface area contributed by atoms with Crippen LogP contribution < -0.4 is 5.73 Å². The van der Waals surface area contributed by atoms with Gasteiger partial charge in [-0.2, -0.15) is 0 Å². The summed E-state index contributed by atoms with van der Waals surface area (Å²) in [6.45, 7) is 2.88. The van der Waals surface area contributed by atoms with Crippen molar-refractivity contribution in [2.75, 3.05) is 0 Å². The maximum atomic E-state index is 10.2. The molecule has 0 radical (unpaired) electrons. The second kappa shape index (κ2) is 5.87. The van der Waals surface area contributed by atoms with Crippen LogP contribution in [-0.2, 0) is 4.79 Å². The third kappa shape index (κ3) is 5.77. The third-order valence-corrected chi connectivity index (χ3v) is 1.57. The minimum Gasteiger partial charge on any atom is -0.480 e. The molecule has 0 saturated heterocycles. The zero-order valence-corrected chi connectivity index (χ0v) is 9.18. The highest BCUT2D eigenvalue weighted by atomic mass is 16.4. The molecular weight excluding hydrogens is 210 g/mol. The lowest BCUT2D eigenvalue weighted by Gasteiger charge is -2.09. The quantitative estimate of drug-likeness (QED) is 0.702. The van der Waals surface area contributed by atoms with Gasteiger partial charge in [-0.1, -0.05) is 18.2 Å². The van der Waals surface area contributed by atoms with E-state index in [2.05, 4.69) is 0 Å². The van der Waals surface area contributed by atoms with E-state index >= 15 is 0 Å². The van der Waals surface area contributed by atoms with Crippen LogP contribution in [-0.4, -0.2) is 27.7 Å². The fourth-order valence-electron chi connectivity index (χ4n) is 0.581. The molecule has 5 nitrogen and oxygen atoms in total. The molecule has 88 valence electrons. The predicted octanol–water partition coefficient (Wildman–Crippen LogP) is 1.19. The van der Waals surface area contributed by atoms with Crippen LogP contribution >= 0.6 is 0 Å². The van der Waals surface area contributed by atoms with Crippen LogP contribution in [0.5, 0.6) is 0 Å². The number of carboxylic acids is 2. The van der Waals surface area contributed by atoms with Crippen molar-refractivity contribution < 1.29 is 19.8 Å². The number of hydrogen-bond donors (Lipinski definition) is 3. The first-order valence-corrected chi connectivity index (χ1v) is 4.55. The van der Waals surface area contributed by atoms with Crippen molar-refractivity contribution in [2.24, 2.45) is 5.73 Å². The van der Waals surface area contributed by atoms with E-state index in [1.54, 1.807) is 30.3 Å². The number of carbonyl (C=O) groups is 2. The molecule has 0 aliphatic heterocycles. The molecule has 1 aromatic rings. The number of rotatable bonds is 2. The van der Waals surface area contributed by atoms with Gasteiger partial charge < -0.3 is 15.9 Å². The molecule has 0 saturated carbocycles. The third-order valence-electron chi connectivity index (χ3n) is 1.57. The van der Waals surface area contributed by atoms with E-state index in [0.717, 1.165) is 0 Å². The lowest BCUT2D eigenvalue weighted by molar-refractivity contribution is -0.141. The van der Waals surface area contributed by atoms with Crippen molar-refractivity contribution in [1.29, 1.82) is 0 Å². The Balaban J connectivity index is 0.000000293. The lowest BCUT2D eigenvalue weighted by atomic mass is 10.1. The van der Waals surface area contributed by atoms with Gasteiger partial charge in [-0.3, -0.25) is 4.79 Å². The first-order valence-electron chi connectivity index (χ1n) is 4.55. The molecule has 1 rings (SSSR count). The van der Waals surface area contributed by atoms with Gasteiger partial charge in [0.25, 0.3) is 0 Å². The number of aliphatic carboxylic acids is 1. The number of aromatic carboxylic acids is 1. The van der Waals surface area contributed by atoms with Crippen molar-refractivity contribution >= 4 is 11.9 Å². The molecule has 0 heterocycles. The molecular formula is C11H15NO4. The predicted molar refractivity (Wildman–Crippen MR) is 59.3 cm³/mol. The molecule has 5 heteroatoms. The van der Waals surface area contributed by atoms with Crippen molar-refractivity contribution in [3.05, 3.63) is 35.9 Å². The first kappa shape index (κ1) is 14.1. The molecule has 4 N–H and O–H groups in total. The summed E-state index contributed by atoms with van der Waals surface area (Å²) < 4.78 is 0. The SMILES string of the molecule is CC(C)(N)C(=O)O.O=C(O)c1ccccc1. The minimum atomic E-state index is -1.08. The summed E-state index contributed by atoms with van der Waals surface area (Å²) in [7, 11) is 0. The van der Waals surface area contributed by atoms with E-state index < -0.39 is 17.5 Å². The van der Waals surface area contributed by atoms with Gasteiger partial charge in [0.2, 0.25) is 0 Å². The Morgan fingerprint density at radius 1 is 1.12 bits per heavy atom. The largest absolute Gasteiger partial charge is 0.480 e. The monoisotopic (exact) mass is 225 g/mol. The highest BCUT2D eigenvalue weighted by Crippen LogP contribution is 1.96. The number of benzene rings is 1. The topological polar surface area (TPSA) is 101 Å². The standard InChI is InChI=1S/C7H6O2.C4H9NO2/c8-7(9)6-4-2-1-3-5-6;1-4(2,5)3(6)7/h1-5H,(H,8,9);5H2,1-2H3,(H,6,7). The molecule has 0 atom stereocenters. The summed E-state index contributed by atoms with van der Waals surface area (Å²) in [6, 6.07) is 8.30. The van der Waals surface area contributed by atoms with Gasteiger partial charge in [0.1, 0.15) is 5.54 Å². The van der Waals surface area contributed by atoms with Crippen molar-refractivity contribution in [3.63, 3.8) is 0 Å². The average molecular weight is 225 g/mol. The van der Waals surface area contributed by atoms with Crippen LogP contribution in [0.3, 0.4) is 0 Å². The molecule has 0 spiro atoms. The van der Waals surface area contributed by atoms with Gasteiger partial charge in [0.05, 0.1) is 5.56 Å². The van der Waals surface area contributed by atoms with E-state index in [9.17, 15) is 9.59 Å². The van der Waals surface area contributed by atoms with Gasteiger partial charge in [0, 0.05) is 0 Å². The molecule has 0 bridgehead atoms. The summed E-state index contributed by atoms with van der Waals surface area (Å²) in [6.07, 6.45) is 0. The summed E-state index contributed by atoms with van der Waals surface area (Å²) in [4.78, 5) is 20.1. The Morgan fingerprint density at radius 2 is 1.50 bits per heavy atom. The Bertz CT molecular complexity index is 354. The maximum absolute atomic E-state index is 10.2. The van der Waals surface area contributed by atoms with Crippen LogP contribution in [0.4, 0.5) is 0 Å². The van der Waals surface area contributed by atoms with Gasteiger partial charge in [0.15, 0.2) is 0 Å². The molecule has 0 aromatic heterocycles. The second-order valence-corrected chi connectivity index (χ2v) is 3.70. The molecule has 0 fully saturated rings. The summed E-state index contributed by atoms with van der Waals surface area (Å²) in [5, 5.41) is 16.5. The Morgan fingerprint density at radius 3 is 1.69 bits per heavy atom. The summed E-state index contributed by atoms with van der Waals surface area (Å²) >= 11 is 0. The highest BCUT2D eigenvalue weighted by Gasteiger charge is 2.19. The summed E-state index contributed by atoms with van der Waals surface area (Å²) in [5.74, 6) is -1.86. The van der Waals surface area contributed by atoms with Gasteiger partial charge in [-0.05, 0) is 26.0 Å². The highest BCUT2D eigenvalue weighted by molar-refractivity contribution is 5.87. The zero-order valence-electron chi connectivity index (χ0n) is 9.18. The minimum absolute atomic E-state index is 0.331. The number of carboxylic acid groups (broad SMARTS) is 2. The second-order valence-electron chi connectivity index (χ2n) is 3.70. The van der Waals surface area contributed by atoms with Crippen molar-refractivity contribution in [3.8, 4) is 0 Å². The molecule has 0 amide bonds. The van der Waals surface area contributed by atoms with Crippen LogP contribution in [0.2, 0.25) is 0 Å². The van der Waals surface area contributed by atoms with Gasteiger partial charge in [-0.25, -0.2) is 4.79 Å². The van der Waals surface area contributed by atoms with Gasteiger partial charge in [-0.15, -0.1) is 0 Å². The summed E-state index contributed by atoms with van der Waals surface area (Å²) in [5.41, 5.74) is 4.33. The normalized spacial score (nSPS) is 9.94. The van der Waals surface area contributed by atoms with E-state index in [4.69, 9.17) is 15.9 Å². The van der Waals surface area contributed by atoms with Crippen LogP contribution in [0, 0.1) is 0 Å².